The lowest BCUT2D eigenvalue weighted by atomic mass is 9.94. The lowest BCUT2D eigenvalue weighted by Crippen LogP contribution is -2.18. The van der Waals surface area contributed by atoms with Crippen molar-refractivity contribution in [2.24, 2.45) is 0 Å². The molecule has 0 bridgehead atoms. The van der Waals surface area contributed by atoms with Crippen molar-refractivity contribution < 1.29 is 0 Å². The Kier molecular flexibility index (Phi) is 8.88. The summed E-state index contributed by atoms with van der Waals surface area (Å²) in [5.41, 5.74) is 17.5. The Bertz CT molecular complexity index is 3120. The molecule has 2 heterocycles. The van der Waals surface area contributed by atoms with Crippen LogP contribution in [0.2, 0.25) is 0 Å². The van der Waals surface area contributed by atoms with Crippen molar-refractivity contribution in [3.8, 4) is 0 Å². The molecule has 2 aliphatic heterocycles. The van der Waals surface area contributed by atoms with Crippen molar-refractivity contribution >= 4 is 84.5 Å². The largest absolute Gasteiger partial charge is 0.340 e. The van der Waals surface area contributed by atoms with E-state index in [1.165, 1.54) is 72.2 Å². The summed E-state index contributed by atoms with van der Waals surface area (Å²) in [5.74, 6) is 0. The first-order valence-electron chi connectivity index (χ1n) is 22.1. The fraction of sp³-hybridized carbons (Fsp3) is 0.103. The van der Waals surface area contributed by atoms with Gasteiger partial charge in [-0.05, 0) is 133 Å². The fourth-order valence-corrected chi connectivity index (χ4v) is 10.3. The van der Waals surface area contributed by atoms with E-state index in [0.717, 1.165) is 67.2 Å². The zero-order chi connectivity index (χ0) is 41.0. The molecule has 9 aromatic rings. The molecule has 62 heavy (non-hydrogen) atoms. The molecule has 9 aromatic carbocycles. The average molecular weight is 799 g/mol. The van der Waals surface area contributed by atoms with E-state index < -0.39 is 0 Å². The number of aryl methyl sites for hydroxylation is 1. The number of fused-ring (bicyclic) bond motifs is 5. The number of nitrogens with zero attached hydrogens (tertiary/aromatic N) is 4. The van der Waals surface area contributed by atoms with Crippen LogP contribution in [-0.4, -0.2) is 13.1 Å². The van der Waals surface area contributed by atoms with E-state index in [1.54, 1.807) is 0 Å². The van der Waals surface area contributed by atoms with E-state index in [9.17, 15) is 0 Å². The topological polar surface area (TPSA) is 13.0 Å². The second-order valence-electron chi connectivity index (χ2n) is 16.7. The Morgan fingerprint density at radius 3 is 1.29 bits per heavy atom. The van der Waals surface area contributed by atoms with Gasteiger partial charge < -0.3 is 19.6 Å². The summed E-state index contributed by atoms with van der Waals surface area (Å²) in [6.07, 6.45) is 8.71. The van der Waals surface area contributed by atoms with Crippen LogP contribution in [0.5, 0.6) is 0 Å². The minimum atomic E-state index is 0.919. The maximum atomic E-state index is 2.61. The van der Waals surface area contributed by atoms with Crippen LogP contribution in [0.4, 0.5) is 56.9 Å². The van der Waals surface area contributed by atoms with E-state index in [1.807, 2.05) is 0 Å². The van der Waals surface area contributed by atoms with Gasteiger partial charge in [0, 0.05) is 80.1 Å². The van der Waals surface area contributed by atoms with Gasteiger partial charge >= 0.3 is 0 Å². The Hall–Kier alpha value is -7.56. The lowest BCUT2D eigenvalue weighted by molar-refractivity contribution is 0.984. The second kappa shape index (κ2) is 15.2. The first-order valence-corrected chi connectivity index (χ1v) is 22.1. The van der Waals surface area contributed by atoms with Crippen LogP contribution in [0.3, 0.4) is 0 Å². The van der Waals surface area contributed by atoms with Gasteiger partial charge in [-0.2, -0.15) is 0 Å². The summed E-state index contributed by atoms with van der Waals surface area (Å²) in [6, 6.07) is 71.9. The second-order valence-corrected chi connectivity index (χ2v) is 16.7. The van der Waals surface area contributed by atoms with E-state index >= 15 is 0 Å². The Morgan fingerprint density at radius 2 is 0.774 bits per heavy atom. The van der Waals surface area contributed by atoms with Gasteiger partial charge in [0.1, 0.15) is 0 Å². The van der Waals surface area contributed by atoms with Crippen LogP contribution < -0.4 is 19.6 Å². The highest BCUT2D eigenvalue weighted by atomic mass is 15.2. The molecule has 0 saturated carbocycles. The molecule has 0 unspecified atom stereocenters. The summed E-state index contributed by atoms with van der Waals surface area (Å²) in [7, 11) is 0. The normalized spacial score (nSPS) is 13.9. The third kappa shape index (κ3) is 6.13. The lowest BCUT2D eigenvalue weighted by Gasteiger charge is -2.32. The molecule has 3 aliphatic rings. The molecule has 0 spiro atoms. The van der Waals surface area contributed by atoms with Crippen LogP contribution in [0, 0.1) is 0 Å². The first-order chi connectivity index (χ1) is 30.8. The zero-order valence-corrected chi connectivity index (χ0v) is 34.7. The number of rotatable bonds is 8. The molecule has 12 rings (SSSR count). The monoisotopic (exact) mass is 798 g/mol. The molecule has 0 fully saturated rings. The quantitative estimate of drug-likeness (QED) is 0.142. The van der Waals surface area contributed by atoms with Gasteiger partial charge in [-0.3, -0.25) is 0 Å². The molecular weight excluding hydrogens is 753 g/mol. The van der Waals surface area contributed by atoms with Crippen molar-refractivity contribution in [2.45, 2.75) is 25.7 Å². The third-order valence-electron chi connectivity index (χ3n) is 13.2. The molecule has 4 nitrogen and oxygen atoms in total. The summed E-state index contributed by atoms with van der Waals surface area (Å²) in [5, 5.41) is 5.01. The van der Waals surface area contributed by atoms with Gasteiger partial charge in [-0.1, -0.05) is 121 Å². The van der Waals surface area contributed by atoms with Gasteiger partial charge in [0.25, 0.3) is 0 Å². The molecule has 298 valence electrons. The van der Waals surface area contributed by atoms with Crippen LogP contribution in [0.25, 0.3) is 27.6 Å². The molecule has 0 amide bonds. The minimum Gasteiger partial charge on any atom is -0.340 e. The molecule has 0 radical (unpaired) electrons. The number of allylic oxidation sites excluding steroid dienone is 1. The maximum Gasteiger partial charge on any atom is 0.0572 e. The summed E-state index contributed by atoms with van der Waals surface area (Å²) < 4.78 is 0. The number of para-hydroxylation sites is 5. The third-order valence-corrected chi connectivity index (χ3v) is 13.2. The smallest absolute Gasteiger partial charge is 0.0572 e. The van der Waals surface area contributed by atoms with Crippen LogP contribution in [0.15, 0.2) is 200 Å². The highest BCUT2D eigenvalue weighted by Crippen LogP contribution is 2.53. The van der Waals surface area contributed by atoms with Gasteiger partial charge in [0.05, 0.1) is 11.4 Å². The average Bonchev–Trinajstić information content (AvgIpc) is 3.97. The highest BCUT2D eigenvalue weighted by Gasteiger charge is 2.30. The van der Waals surface area contributed by atoms with Crippen LogP contribution >= 0.6 is 0 Å². The number of benzene rings is 9. The molecule has 4 heteroatoms. The van der Waals surface area contributed by atoms with Crippen molar-refractivity contribution in [1.29, 1.82) is 0 Å². The Labute approximate surface area is 363 Å². The van der Waals surface area contributed by atoms with E-state index in [-0.39, 0.29) is 0 Å². The van der Waals surface area contributed by atoms with E-state index in [0.29, 0.717) is 0 Å². The summed E-state index contributed by atoms with van der Waals surface area (Å²) in [4.78, 5) is 10.1. The van der Waals surface area contributed by atoms with Crippen LogP contribution in [-0.2, 0) is 19.3 Å². The number of anilines is 10. The minimum absolute atomic E-state index is 0.919. The molecule has 0 atom stereocenters. The molecule has 1 aliphatic carbocycles. The van der Waals surface area contributed by atoms with Gasteiger partial charge in [-0.25, -0.2) is 0 Å². The summed E-state index contributed by atoms with van der Waals surface area (Å²) in [6.45, 7) is 1.84. The number of hydrogen-bond acceptors (Lipinski definition) is 4. The van der Waals surface area contributed by atoms with Gasteiger partial charge in [0.15, 0.2) is 0 Å². The maximum absolute atomic E-state index is 2.61. The van der Waals surface area contributed by atoms with Gasteiger partial charge in [0.2, 0.25) is 0 Å². The molecular formula is C58H46N4. The van der Waals surface area contributed by atoms with Crippen molar-refractivity contribution in [3.63, 3.8) is 0 Å². The van der Waals surface area contributed by atoms with Crippen LogP contribution in [0.1, 0.15) is 28.7 Å². The van der Waals surface area contributed by atoms with Crippen molar-refractivity contribution in [2.75, 3.05) is 32.7 Å². The zero-order valence-electron chi connectivity index (χ0n) is 34.7. The van der Waals surface area contributed by atoms with E-state index in [4.69, 9.17) is 0 Å². The van der Waals surface area contributed by atoms with Crippen molar-refractivity contribution in [1.82, 2.24) is 0 Å². The molecule has 0 N–H and O–H groups in total. The number of hydrogen-bond donors (Lipinski definition) is 0. The SMILES string of the molecule is C1=Cc2ccc(N(c3ccccc3)c3ccc4c(N5CCc6ccccc65)c5cc(N(c6ccccc6)c6ccccc6)ccc5c(N5CCc6ccccc65)c4c3)cc2CC1. The predicted octanol–water partition coefficient (Wildman–Crippen LogP) is 15.3. The van der Waals surface area contributed by atoms with Crippen molar-refractivity contribution in [3.05, 3.63) is 222 Å². The first kappa shape index (κ1) is 36.3. The highest BCUT2D eigenvalue weighted by molar-refractivity contribution is 6.23. The van der Waals surface area contributed by atoms with Gasteiger partial charge in [-0.15, -0.1) is 0 Å². The Morgan fingerprint density at radius 1 is 0.339 bits per heavy atom. The van der Waals surface area contributed by atoms with E-state index in [2.05, 4.69) is 226 Å². The summed E-state index contributed by atoms with van der Waals surface area (Å²) >= 11 is 0. The fourth-order valence-electron chi connectivity index (χ4n) is 10.3. The predicted molar refractivity (Wildman–Crippen MR) is 262 cm³/mol. The standard InChI is InChI=1S/C58H46N4/c1-4-20-45(21-5-1)61(46-22-6-2-7-23-46)49-30-32-51-53(39-49)57(59-36-34-42-17-12-14-26-55(42)59)52-33-31-50(40-54(52)58(51)60-37-35-43-18-13-15-27-56(43)60)62(47-24-8-3-9-25-47)48-29-28-41-16-10-11-19-44(41)38-48/h1-10,12-18,20-33,38-40H,11,19,34-37H2. The molecule has 0 aromatic heterocycles. The Balaban J connectivity index is 1.16. The molecule has 0 saturated heterocycles.